The molecular formula is C13H21ClN2O. The van der Waals surface area contributed by atoms with E-state index < -0.39 is 5.54 Å². The smallest absolute Gasteiger partial charge is 0.244 e. The first-order chi connectivity index (χ1) is 7.47. The summed E-state index contributed by atoms with van der Waals surface area (Å²) in [6, 6.07) is 7.69. The van der Waals surface area contributed by atoms with Crippen molar-refractivity contribution in [1.29, 1.82) is 0 Å². The molecule has 3 N–H and O–H groups in total. The van der Waals surface area contributed by atoms with E-state index in [1.54, 1.807) is 6.92 Å². The van der Waals surface area contributed by atoms with Crippen LogP contribution in [0.5, 0.6) is 0 Å². The summed E-state index contributed by atoms with van der Waals surface area (Å²) in [5.74, 6) is -0.122. The molecule has 0 saturated carbocycles. The number of carbonyl (C=O) groups excluding carboxylic acids is 1. The third kappa shape index (κ3) is 4.36. The number of para-hydroxylation sites is 1. The first-order valence-corrected chi connectivity index (χ1v) is 5.63. The molecule has 0 bridgehead atoms. The fraction of sp³-hybridized carbons (Fsp3) is 0.462. The van der Waals surface area contributed by atoms with Gasteiger partial charge in [-0.1, -0.05) is 31.5 Å². The number of nitrogens with one attached hydrogen (secondary N) is 1. The molecule has 1 amide bonds. The number of amides is 1. The first kappa shape index (κ1) is 15.9. The number of carbonyl (C=O) groups is 1. The summed E-state index contributed by atoms with van der Waals surface area (Å²) >= 11 is 0. The number of rotatable bonds is 4. The Bertz CT molecular complexity index is 377. The van der Waals surface area contributed by atoms with Gasteiger partial charge in [0.05, 0.1) is 5.54 Å². The van der Waals surface area contributed by atoms with Crippen LogP contribution in [-0.2, 0) is 4.79 Å². The number of benzene rings is 1. The largest absolute Gasteiger partial charge is 0.324 e. The van der Waals surface area contributed by atoms with Crippen molar-refractivity contribution in [2.45, 2.75) is 39.2 Å². The minimum Gasteiger partial charge on any atom is -0.324 e. The zero-order valence-corrected chi connectivity index (χ0v) is 11.4. The monoisotopic (exact) mass is 256 g/mol. The van der Waals surface area contributed by atoms with Gasteiger partial charge in [0, 0.05) is 5.69 Å². The molecule has 0 aliphatic rings. The van der Waals surface area contributed by atoms with Crippen molar-refractivity contribution in [1.82, 2.24) is 0 Å². The highest BCUT2D eigenvalue weighted by atomic mass is 35.5. The number of anilines is 1. The number of hydrogen-bond donors (Lipinski definition) is 2. The van der Waals surface area contributed by atoms with E-state index >= 15 is 0 Å². The summed E-state index contributed by atoms with van der Waals surface area (Å²) in [5, 5.41) is 2.87. The Labute approximate surface area is 109 Å². The highest BCUT2D eigenvalue weighted by Crippen LogP contribution is 2.16. The van der Waals surface area contributed by atoms with Crippen LogP contribution in [0.4, 0.5) is 5.69 Å². The second-order valence-electron chi connectivity index (χ2n) is 4.44. The van der Waals surface area contributed by atoms with E-state index in [1.165, 1.54) is 0 Å². The molecule has 1 unspecified atom stereocenters. The molecule has 0 heterocycles. The number of nitrogens with two attached hydrogens (primary N) is 1. The van der Waals surface area contributed by atoms with Crippen molar-refractivity contribution < 1.29 is 4.79 Å². The van der Waals surface area contributed by atoms with Crippen LogP contribution >= 0.6 is 12.4 Å². The average Bonchev–Trinajstić information content (AvgIpc) is 2.21. The molecule has 0 spiro atoms. The van der Waals surface area contributed by atoms with Crippen LogP contribution in [0.2, 0.25) is 0 Å². The molecule has 1 aromatic rings. The minimum atomic E-state index is -0.795. The quantitative estimate of drug-likeness (QED) is 0.870. The standard InChI is InChI=1S/C13H20N2O.ClH/c1-4-9-13(3,14)12(16)15-11-8-6-5-7-10(11)2;/h5-8H,4,9,14H2,1-3H3,(H,15,16);1H. The Morgan fingerprint density at radius 2 is 2.00 bits per heavy atom. The van der Waals surface area contributed by atoms with Crippen LogP contribution < -0.4 is 11.1 Å². The van der Waals surface area contributed by atoms with E-state index in [0.29, 0.717) is 6.42 Å². The van der Waals surface area contributed by atoms with Crippen LogP contribution in [0.25, 0.3) is 0 Å². The van der Waals surface area contributed by atoms with E-state index in [2.05, 4.69) is 5.32 Å². The SMILES string of the molecule is CCCC(C)(N)C(=O)Nc1ccccc1C.Cl. The molecule has 3 nitrogen and oxygen atoms in total. The fourth-order valence-electron chi connectivity index (χ4n) is 1.61. The summed E-state index contributed by atoms with van der Waals surface area (Å²) < 4.78 is 0. The second-order valence-corrected chi connectivity index (χ2v) is 4.44. The third-order valence-electron chi connectivity index (χ3n) is 2.68. The Morgan fingerprint density at radius 3 is 2.53 bits per heavy atom. The van der Waals surface area contributed by atoms with Gasteiger partial charge < -0.3 is 11.1 Å². The van der Waals surface area contributed by atoms with E-state index in [4.69, 9.17) is 5.73 Å². The molecule has 4 heteroatoms. The van der Waals surface area contributed by atoms with Crippen molar-refractivity contribution in [2.24, 2.45) is 5.73 Å². The number of aryl methyl sites for hydroxylation is 1. The lowest BCUT2D eigenvalue weighted by Gasteiger charge is -2.23. The summed E-state index contributed by atoms with van der Waals surface area (Å²) in [4.78, 5) is 11.9. The van der Waals surface area contributed by atoms with Crippen molar-refractivity contribution in [2.75, 3.05) is 5.32 Å². The summed E-state index contributed by atoms with van der Waals surface area (Å²) in [5.41, 5.74) is 7.04. The third-order valence-corrected chi connectivity index (χ3v) is 2.68. The van der Waals surface area contributed by atoms with Crippen molar-refractivity contribution >= 4 is 24.0 Å². The summed E-state index contributed by atoms with van der Waals surface area (Å²) in [6.07, 6.45) is 1.58. The van der Waals surface area contributed by atoms with Gasteiger partial charge in [0.1, 0.15) is 0 Å². The Morgan fingerprint density at radius 1 is 1.41 bits per heavy atom. The predicted octanol–water partition coefficient (Wildman–Crippen LogP) is 2.87. The van der Waals surface area contributed by atoms with Crippen LogP contribution in [0, 0.1) is 6.92 Å². The minimum absolute atomic E-state index is 0. The molecule has 1 rings (SSSR count). The molecule has 0 aliphatic carbocycles. The molecule has 0 aromatic heterocycles. The molecule has 0 saturated heterocycles. The number of halogens is 1. The molecule has 0 radical (unpaired) electrons. The van der Waals surface area contributed by atoms with Gasteiger partial charge in [-0.3, -0.25) is 4.79 Å². The van der Waals surface area contributed by atoms with Crippen LogP contribution in [0.1, 0.15) is 32.3 Å². The van der Waals surface area contributed by atoms with Gasteiger partial charge >= 0.3 is 0 Å². The molecule has 96 valence electrons. The molecular weight excluding hydrogens is 236 g/mol. The topological polar surface area (TPSA) is 55.1 Å². The van der Waals surface area contributed by atoms with E-state index in [9.17, 15) is 4.79 Å². The molecule has 0 aliphatic heterocycles. The lowest BCUT2D eigenvalue weighted by Crippen LogP contribution is -2.48. The van der Waals surface area contributed by atoms with Gasteiger partial charge in [-0.15, -0.1) is 12.4 Å². The maximum atomic E-state index is 11.9. The molecule has 1 aromatic carbocycles. The Hall–Kier alpha value is -1.06. The molecule has 17 heavy (non-hydrogen) atoms. The zero-order chi connectivity index (χ0) is 12.2. The van der Waals surface area contributed by atoms with E-state index in [0.717, 1.165) is 17.7 Å². The normalized spacial score (nSPS) is 13.4. The van der Waals surface area contributed by atoms with Gasteiger partial charge in [0.2, 0.25) is 5.91 Å². The average molecular weight is 257 g/mol. The van der Waals surface area contributed by atoms with E-state index in [1.807, 2.05) is 38.1 Å². The van der Waals surface area contributed by atoms with Crippen molar-refractivity contribution in [3.8, 4) is 0 Å². The first-order valence-electron chi connectivity index (χ1n) is 5.63. The van der Waals surface area contributed by atoms with Crippen molar-refractivity contribution in [3.63, 3.8) is 0 Å². The summed E-state index contributed by atoms with van der Waals surface area (Å²) in [6.45, 7) is 5.75. The molecule has 0 fully saturated rings. The van der Waals surface area contributed by atoms with Gasteiger partial charge in [0.15, 0.2) is 0 Å². The highest BCUT2D eigenvalue weighted by Gasteiger charge is 2.27. The zero-order valence-electron chi connectivity index (χ0n) is 10.6. The number of hydrogen-bond acceptors (Lipinski definition) is 2. The van der Waals surface area contributed by atoms with Crippen molar-refractivity contribution in [3.05, 3.63) is 29.8 Å². The predicted molar refractivity (Wildman–Crippen MR) is 74.6 cm³/mol. The maximum Gasteiger partial charge on any atom is 0.244 e. The van der Waals surface area contributed by atoms with Crippen LogP contribution in [-0.4, -0.2) is 11.4 Å². The Balaban J connectivity index is 0.00000256. The van der Waals surface area contributed by atoms with Gasteiger partial charge in [-0.25, -0.2) is 0 Å². The summed E-state index contributed by atoms with van der Waals surface area (Å²) in [7, 11) is 0. The molecule has 1 atom stereocenters. The van der Waals surface area contributed by atoms with Gasteiger partial charge in [-0.2, -0.15) is 0 Å². The Kier molecular flexibility index (Phi) is 6.21. The maximum absolute atomic E-state index is 11.9. The lowest BCUT2D eigenvalue weighted by atomic mass is 9.96. The van der Waals surface area contributed by atoms with Gasteiger partial charge in [0.25, 0.3) is 0 Å². The second kappa shape index (κ2) is 6.62. The van der Waals surface area contributed by atoms with Crippen LogP contribution in [0.15, 0.2) is 24.3 Å². The highest BCUT2D eigenvalue weighted by molar-refractivity contribution is 5.98. The van der Waals surface area contributed by atoms with Crippen LogP contribution in [0.3, 0.4) is 0 Å². The fourth-order valence-corrected chi connectivity index (χ4v) is 1.61. The van der Waals surface area contributed by atoms with Gasteiger partial charge in [-0.05, 0) is 31.9 Å². The van der Waals surface area contributed by atoms with E-state index in [-0.39, 0.29) is 18.3 Å². The lowest BCUT2D eigenvalue weighted by molar-refractivity contribution is -0.120.